The Balaban J connectivity index is 2.70. The van der Waals surface area contributed by atoms with Crippen molar-refractivity contribution in [3.63, 3.8) is 0 Å². The second-order valence-electron chi connectivity index (χ2n) is 3.79. The van der Waals surface area contributed by atoms with Crippen LogP contribution in [0, 0.1) is 5.92 Å². The minimum absolute atomic E-state index is 0.0469. The molecule has 0 radical (unpaired) electrons. The quantitative estimate of drug-likeness (QED) is 0.763. The van der Waals surface area contributed by atoms with Crippen LogP contribution in [0.1, 0.15) is 32.1 Å². The molecule has 0 fully saturated rings. The molecule has 0 bridgehead atoms. The van der Waals surface area contributed by atoms with Gasteiger partial charge in [0, 0.05) is 13.7 Å². The first-order chi connectivity index (χ1) is 7.20. The molecular formula is C10H20N4O. The van der Waals surface area contributed by atoms with Crippen LogP contribution in [0.5, 0.6) is 0 Å². The first-order valence-corrected chi connectivity index (χ1v) is 5.32. The van der Waals surface area contributed by atoms with Gasteiger partial charge in [0.2, 0.25) is 0 Å². The number of methoxy groups -OCH3 is 1. The molecule has 0 spiro atoms. The summed E-state index contributed by atoms with van der Waals surface area (Å²) in [7, 11) is 1.68. The van der Waals surface area contributed by atoms with Gasteiger partial charge in [0.05, 0.1) is 12.6 Å². The van der Waals surface area contributed by atoms with Crippen molar-refractivity contribution in [3.05, 3.63) is 12.2 Å². The molecule has 5 heteroatoms. The van der Waals surface area contributed by atoms with Crippen LogP contribution >= 0.6 is 0 Å². The Labute approximate surface area is 90.6 Å². The summed E-state index contributed by atoms with van der Waals surface area (Å²) in [6.07, 6.45) is 2.74. The van der Waals surface area contributed by atoms with E-state index in [1.54, 1.807) is 13.4 Å². The van der Waals surface area contributed by atoms with Crippen LogP contribution in [0.4, 0.5) is 0 Å². The highest BCUT2D eigenvalue weighted by Crippen LogP contribution is 2.19. The lowest BCUT2D eigenvalue weighted by Crippen LogP contribution is -2.23. The SMILES string of the molecule is CCC(C)C(N)c1nncn1CCOC. The maximum absolute atomic E-state index is 6.10. The van der Waals surface area contributed by atoms with E-state index in [2.05, 4.69) is 24.0 Å². The topological polar surface area (TPSA) is 66.0 Å². The third-order valence-electron chi connectivity index (χ3n) is 2.74. The Morgan fingerprint density at radius 3 is 2.93 bits per heavy atom. The van der Waals surface area contributed by atoms with E-state index in [-0.39, 0.29) is 6.04 Å². The van der Waals surface area contributed by atoms with E-state index in [0.29, 0.717) is 12.5 Å². The fourth-order valence-electron chi connectivity index (χ4n) is 1.39. The third kappa shape index (κ3) is 3.00. The van der Waals surface area contributed by atoms with Gasteiger partial charge >= 0.3 is 0 Å². The maximum atomic E-state index is 6.10. The molecule has 1 rings (SSSR count). The Morgan fingerprint density at radius 1 is 1.60 bits per heavy atom. The van der Waals surface area contributed by atoms with E-state index in [0.717, 1.165) is 18.8 Å². The van der Waals surface area contributed by atoms with Gasteiger partial charge in [0.15, 0.2) is 0 Å². The van der Waals surface area contributed by atoms with Crippen molar-refractivity contribution in [3.8, 4) is 0 Å². The van der Waals surface area contributed by atoms with Gasteiger partial charge in [0.1, 0.15) is 12.2 Å². The van der Waals surface area contributed by atoms with Gasteiger partial charge in [-0.05, 0) is 5.92 Å². The minimum atomic E-state index is -0.0469. The zero-order valence-corrected chi connectivity index (χ0v) is 9.68. The number of hydrogen-bond donors (Lipinski definition) is 1. The van der Waals surface area contributed by atoms with Crippen molar-refractivity contribution in [2.45, 2.75) is 32.9 Å². The molecule has 1 aromatic rings. The number of nitrogens with zero attached hydrogens (tertiary/aromatic N) is 3. The first kappa shape index (κ1) is 12.1. The zero-order chi connectivity index (χ0) is 11.3. The highest BCUT2D eigenvalue weighted by atomic mass is 16.5. The molecule has 5 nitrogen and oxygen atoms in total. The molecule has 0 aliphatic carbocycles. The fraction of sp³-hybridized carbons (Fsp3) is 0.800. The maximum Gasteiger partial charge on any atom is 0.150 e. The molecule has 0 aliphatic rings. The summed E-state index contributed by atoms with van der Waals surface area (Å²) in [4.78, 5) is 0. The fourth-order valence-corrected chi connectivity index (χ4v) is 1.39. The molecule has 0 aromatic carbocycles. The summed E-state index contributed by atoms with van der Waals surface area (Å²) >= 11 is 0. The molecule has 2 N–H and O–H groups in total. The van der Waals surface area contributed by atoms with Gasteiger partial charge in [-0.2, -0.15) is 0 Å². The number of ether oxygens (including phenoxy) is 1. The summed E-state index contributed by atoms with van der Waals surface area (Å²) in [5.74, 6) is 1.26. The van der Waals surface area contributed by atoms with Gasteiger partial charge in [-0.1, -0.05) is 20.3 Å². The molecule has 1 heterocycles. The Hall–Kier alpha value is -0.940. The minimum Gasteiger partial charge on any atom is -0.383 e. The average Bonchev–Trinajstić information content (AvgIpc) is 2.72. The van der Waals surface area contributed by atoms with Crippen molar-refractivity contribution in [1.29, 1.82) is 0 Å². The second-order valence-corrected chi connectivity index (χ2v) is 3.79. The second kappa shape index (κ2) is 5.82. The van der Waals surface area contributed by atoms with E-state index < -0.39 is 0 Å². The van der Waals surface area contributed by atoms with E-state index >= 15 is 0 Å². The lowest BCUT2D eigenvalue weighted by Gasteiger charge is -2.18. The molecular weight excluding hydrogens is 192 g/mol. The lowest BCUT2D eigenvalue weighted by molar-refractivity contribution is 0.185. The first-order valence-electron chi connectivity index (χ1n) is 5.32. The van der Waals surface area contributed by atoms with E-state index in [1.165, 1.54) is 0 Å². The Morgan fingerprint density at radius 2 is 2.33 bits per heavy atom. The van der Waals surface area contributed by atoms with Crippen LogP contribution in [0.15, 0.2) is 6.33 Å². The van der Waals surface area contributed by atoms with Crippen LogP contribution in [-0.2, 0) is 11.3 Å². The van der Waals surface area contributed by atoms with Crippen LogP contribution < -0.4 is 5.73 Å². The number of nitrogens with two attached hydrogens (primary N) is 1. The monoisotopic (exact) mass is 212 g/mol. The third-order valence-corrected chi connectivity index (χ3v) is 2.74. The van der Waals surface area contributed by atoms with Crippen LogP contribution in [-0.4, -0.2) is 28.5 Å². The van der Waals surface area contributed by atoms with E-state index in [9.17, 15) is 0 Å². The average molecular weight is 212 g/mol. The van der Waals surface area contributed by atoms with E-state index in [1.807, 2.05) is 4.57 Å². The van der Waals surface area contributed by atoms with Crippen molar-refractivity contribution in [2.24, 2.45) is 11.7 Å². The van der Waals surface area contributed by atoms with Crippen LogP contribution in [0.3, 0.4) is 0 Å². The summed E-state index contributed by atoms with van der Waals surface area (Å²) in [6.45, 7) is 5.65. The number of hydrogen-bond acceptors (Lipinski definition) is 4. The van der Waals surface area contributed by atoms with Gasteiger partial charge in [-0.15, -0.1) is 10.2 Å². The molecule has 2 atom stereocenters. The summed E-state index contributed by atoms with van der Waals surface area (Å²) in [5, 5.41) is 7.96. The normalized spacial score (nSPS) is 15.2. The van der Waals surface area contributed by atoms with Crippen LogP contribution in [0.2, 0.25) is 0 Å². The van der Waals surface area contributed by atoms with Gasteiger partial charge in [-0.3, -0.25) is 0 Å². The highest BCUT2D eigenvalue weighted by Gasteiger charge is 2.18. The zero-order valence-electron chi connectivity index (χ0n) is 9.68. The van der Waals surface area contributed by atoms with Gasteiger partial charge in [0.25, 0.3) is 0 Å². The summed E-state index contributed by atoms with van der Waals surface area (Å²) in [6, 6.07) is -0.0469. The van der Waals surface area contributed by atoms with Gasteiger partial charge < -0.3 is 15.0 Å². The lowest BCUT2D eigenvalue weighted by atomic mass is 9.99. The summed E-state index contributed by atoms with van der Waals surface area (Å²) < 4.78 is 6.98. The Kier molecular flexibility index (Phi) is 4.71. The van der Waals surface area contributed by atoms with Crippen molar-refractivity contribution < 1.29 is 4.74 Å². The molecule has 0 aliphatic heterocycles. The molecule has 86 valence electrons. The predicted molar refractivity (Wildman–Crippen MR) is 58.3 cm³/mol. The van der Waals surface area contributed by atoms with Crippen molar-refractivity contribution in [1.82, 2.24) is 14.8 Å². The standard InChI is InChI=1S/C10H20N4O/c1-4-8(2)9(11)10-13-12-7-14(10)5-6-15-3/h7-9H,4-6,11H2,1-3H3. The summed E-state index contributed by atoms with van der Waals surface area (Å²) in [5.41, 5.74) is 6.10. The molecule has 0 saturated heterocycles. The van der Waals surface area contributed by atoms with Crippen LogP contribution in [0.25, 0.3) is 0 Å². The predicted octanol–water partition coefficient (Wildman–Crippen LogP) is 0.970. The number of aromatic nitrogens is 3. The molecule has 0 saturated carbocycles. The van der Waals surface area contributed by atoms with Gasteiger partial charge in [-0.25, -0.2) is 0 Å². The molecule has 1 aromatic heterocycles. The molecule has 15 heavy (non-hydrogen) atoms. The highest BCUT2D eigenvalue weighted by molar-refractivity contribution is 4.95. The smallest absolute Gasteiger partial charge is 0.150 e. The molecule has 2 unspecified atom stereocenters. The number of rotatable bonds is 6. The van der Waals surface area contributed by atoms with Crippen molar-refractivity contribution in [2.75, 3.05) is 13.7 Å². The largest absolute Gasteiger partial charge is 0.383 e. The molecule has 0 amide bonds. The Bertz CT molecular complexity index is 287. The van der Waals surface area contributed by atoms with Crippen molar-refractivity contribution >= 4 is 0 Å². The van der Waals surface area contributed by atoms with E-state index in [4.69, 9.17) is 10.5 Å².